The molecule has 0 aromatic carbocycles. The molecule has 0 saturated heterocycles. The van der Waals surface area contributed by atoms with Gasteiger partial charge in [-0.1, -0.05) is 264 Å². The summed E-state index contributed by atoms with van der Waals surface area (Å²) in [5.74, 6) is -0.140. The molecule has 0 radical (unpaired) electrons. The SMILES string of the molecule is CCCCCCCCCCCCCC/C=C\CCCCCCCCCCCCCCCCCC(=O)NC(COP(=O)(O)OCC[N+](C)(C)C)C(O)CCCCCCCCCCCCCCC. The average molecular weight is 957 g/mol. The fraction of sp³-hybridized carbons (Fsp3) is 0.947. The number of carbonyl (C=O) groups excluding carboxylic acids is 1. The number of allylic oxidation sites excluding steroid dienone is 2. The Labute approximate surface area is 412 Å². The first-order valence-electron chi connectivity index (χ1n) is 29.1. The third-order valence-corrected chi connectivity index (χ3v) is 14.5. The van der Waals surface area contributed by atoms with E-state index in [9.17, 15) is 19.4 Å². The number of rotatable bonds is 54. The molecule has 0 spiro atoms. The largest absolute Gasteiger partial charge is 0.472 e. The highest BCUT2D eigenvalue weighted by atomic mass is 31.2. The lowest BCUT2D eigenvalue weighted by Crippen LogP contribution is -2.46. The number of aliphatic hydroxyl groups excluding tert-OH is 1. The summed E-state index contributed by atoms with van der Waals surface area (Å²) < 4.78 is 23.7. The Kier molecular flexibility index (Phi) is 48.7. The number of nitrogens with zero attached hydrogens (tertiary/aromatic N) is 1. The van der Waals surface area contributed by atoms with Crippen LogP contribution in [-0.2, 0) is 18.4 Å². The number of aliphatic hydroxyl groups is 1. The van der Waals surface area contributed by atoms with Gasteiger partial charge >= 0.3 is 7.82 Å². The van der Waals surface area contributed by atoms with Gasteiger partial charge in [0.2, 0.25) is 5.91 Å². The molecule has 0 aliphatic carbocycles. The minimum Gasteiger partial charge on any atom is -0.391 e. The Hall–Kier alpha value is -0.760. The second kappa shape index (κ2) is 49.2. The number of phosphoric acid groups is 1. The van der Waals surface area contributed by atoms with Crippen LogP contribution in [0.4, 0.5) is 0 Å². The number of unbranched alkanes of at least 4 members (excludes halogenated alkanes) is 39. The molecular weight excluding hydrogens is 840 g/mol. The number of carbonyl (C=O) groups is 1. The van der Waals surface area contributed by atoms with Gasteiger partial charge in [0.15, 0.2) is 0 Å². The van der Waals surface area contributed by atoms with Gasteiger partial charge in [0.25, 0.3) is 0 Å². The second-order valence-electron chi connectivity index (χ2n) is 21.4. The summed E-state index contributed by atoms with van der Waals surface area (Å²) >= 11 is 0. The van der Waals surface area contributed by atoms with Gasteiger partial charge in [-0.15, -0.1) is 0 Å². The fourth-order valence-electron chi connectivity index (χ4n) is 8.93. The van der Waals surface area contributed by atoms with Gasteiger partial charge in [0.1, 0.15) is 13.2 Å². The number of nitrogens with one attached hydrogen (secondary N) is 1. The molecule has 0 aliphatic rings. The predicted octanol–water partition coefficient (Wildman–Crippen LogP) is 17.4. The topological polar surface area (TPSA) is 105 Å². The summed E-state index contributed by atoms with van der Waals surface area (Å²) in [5.41, 5.74) is 0. The molecule has 3 atom stereocenters. The van der Waals surface area contributed by atoms with Crippen LogP contribution in [0.3, 0.4) is 0 Å². The Balaban J connectivity index is 3.98. The molecule has 9 heteroatoms. The minimum absolute atomic E-state index is 0.0775. The summed E-state index contributed by atoms with van der Waals surface area (Å²) in [4.78, 5) is 23.3. The van der Waals surface area contributed by atoms with Gasteiger partial charge in [-0.25, -0.2) is 4.57 Å². The van der Waals surface area contributed by atoms with Crippen LogP contribution >= 0.6 is 7.82 Å². The second-order valence-corrected chi connectivity index (χ2v) is 22.8. The molecule has 0 fully saturated rings. The summed E-state index contributed by atoms with van der Waals surface area (Å²) in [5, 5.41) is 14.0. The third kappa shape index (κ3) is 51.1. The first-order chi connectivity index (χ1) is 32.0. The lowest BCUT2D eigenvalue weighted by Gasteiger charge is -2.26. The predicted molar refractivity (Wildman–Crippen MR) is 286 cm³/mol. The molecule has 0 aromatic heterocycles. The maximum absolute atomic E-state index is 13.0. The van der Waals surface area contributed by atoms with Crippen LogP contribution in [0.25, 0.3) is 0 Å². The van der Waals surface area contributed by atoms with Crippen LogP contribution in [-0.4, -0.2) is 73.4 Å². The zero-order chi connectivity index (χ0) is 48.5. The van der Waals surface area contributed by atoms with Crippen molar-refractivity contribution in [3.8, 4) is 0 Å². The third-order valence-electron chi connectivity index (χ3n) is 13.5. The van der Waals surface area contributed by atoms with Gasteiger partial charge in [0, 0.05) is 6.42 Å². The molecule has 0 bridgehead atoms. The molecule has 0 aliphatic heterocycles. The van der Waals surface area contributed by atoms with Gasteiger partial charge < -0.3 is 19.8 Å². The lowest BCUT2D eigenvalue weighted by atomic mass is 10.0. The van der Waals surface area contributed by atoms with Crippen molar-refractivity contribution in [3.05, 3.63) is 12.2 Å². The van der Waals surface area contributed by atoms with E-state index in [2.05, 4.69) is 31.3 Å². The molecule has 394 valence electrons. The summed E-state index contributed by atoms with van der Waals surface area (Å²) in [6.45, 7) is 4.92. The highest BCUT2D eigenvalue weighted by molar-refractivity contribution is 7.47. The number of amides is 1. The van der Waals surface area contributed by atoms with E-state index >= 15 is 0 Å². The van der Waals surface area contributed by atoms with E-state index in [0.717, 1.165) is 38.5 Å². The van der Waals surface area contributed by atoms with E-state index in [1.165, 1.54) is 231 Å². The number of quaternary nitrogens is 1. The fourth-order valence-corrected chi connectivity index (χ4v) is 9.66. The molecule has 66 heavy (non-hydrogen) atoms. The van der Waals surface area contributed by atoms with Crippen molar-refractivity contribution in [2.75, 3.05) is 40.9 Å². The van der Waals surface area contributed by atoms with Crippen molar-refractivity contribution >= 4 is 13.7 Å². The smallest absolute Gasteiger partial charge is 0.391 e. The van der Waals surface area contributed by atoms with Gasteiger partial charge in [0.05, 0.1) is 39.9 Å². The lowest BCUT2D eigenvalue weighted by molar-refractivity contribution is -0.870. The molecule has 0 heterocycles. The Bertz CT molecular complexity index is 1080. The Morgan fingerprint density at radius 1 is 0.500 bits per heavy atom. The average Bonchev–Trinajstić information content (AvgIpc) is 3.28. The van der Waals surface area contributed by atoms with Crippen LogP contribution < -0.4 is 5.32 Å². The summed E-state index contributed by atoms with van der Waals surface area (Å²) in [6.07, 6.45) is 59.9. The van der Waals surface area contributed by atoms with Gasteiger partial charge in [-0.3, -0.25) is 13.8 Å². The van der Waals surface area contributed by atoms with Crippen LogP contribution in [0.1, 0.15) is 296 Å². The van der Waals surface area contributed by atoms with E-state index < -0.39 is 20.0 Å². The zero-order valence-electron chi connectivity index (χ0n) is 45.0. The van der Waals surface area contributed by atoms with Crippen molar-refractivity contribution < 1.29 is 32.9 Å². The summed E-state index contributed by atoms with van der Waals surface area (Å²) in [7, 11) is 1.63. The highest BCUT2D eigenvalue weighted by Gasteiger charge is 2.28. The maximum atomic E-state index is 13.0. The number of hydrogen-bond acceptors (Lipinski definition) is 5. The minimum atomic E-state index is -4.31. The Morgan fingerprint density at radius 3 is 1.17 bits per heavy atom. The summed E-state index contributed by atoms with van der Waals surface area (Å²) in [6, 6.07) is -0.756. The normalized spacial score (nSPS) is 14.0. The van der Waals surface area contributed by atoms with Crippen LogP contribution in [0.2, 0.25) is 0 Å². The number of phosphoric ester groups is 1. The molecule has 0 saturated carbocycles. The molecule has 8 nitrogen and oxygen atoms in total. The quantitative estimate of drug-likeness (QED) is 0.0243. The van der Waals surface area contributed by atoms with Gasteiger partial charge in [-0.05, 0) is 38.5 Å². The molecule has 3 N–H and O–H groups in total. The molecule has 0 aromatic rings. The molecule has 3 unspecified atom stereocenters. The first kappa shape index (κ1) is 65.2. The van der Waals surface area contributed by atoms with Gasteiger partial charge in [-0.2, -0.15) is 0 Å². The standard InChI is InChI=1S/C57H115N2O6P/c1-6-8-10-12-14-16-18-20-21-22-23-24-25-26-27-28-29-30-31-32-33-34-35-36-37-39-41-43-45-47-49-51-57(61)58-55(54-65-66(62,63)64-53-52-59(3,4)5)56(60)50-48-46-44-42-40-38-19-17-15-13-11-9-7-2/h26-27,55-56,60H,6-25,28-54H2,1-5H3,(H-,58,61,62,63)/p+1/b27-26-. The van der Waals surface area contributed by atoms with Crippen molar-refractivity contribution in [3.63, 3.8) is 0 Å². The van der Waals surface area contributed by atoms with Crippen LogP contribution in [0.5, 0.6) is 0 Å². The Morgan fingerprint density at radius 2 is 0.818 bits per heavy atom. The van der Waals surface area contributed by atoms with Crippen LogP contribution in [0.15, 0.2) is 12.2 Å². The van der Waals surface area contributed by atoms with E-state index in [-0.39, 0.29) is 19.1 Å². The van der Waals surface area contributed by atoms with Crippen molar-refractivity contribution in [1.29, 1.82) is 0 Å². The monoisotopic (exact) mass is 956 g/mol. The van der Waals surface area contributed by atoms with Crippen LogP contribution in [0, 0.1) is 0 Å². The highest BCUT2D eigenvalue weighted by Crippen LogP contribution is 2.43. The molecular formula is C57H116N2O6P+. The molecule has 0 rings (SSSR count). The molecule has 1 amide bonds. The van der Waals surface area contributed by atoms with E-state index in [0.29, 0.717) is 23.9 Å². The first-order valence-corrected chi connectivity index (χ1v) is 30.5. The zero-order valence-corrected chi connectivity index (χ0v) is 45.9. The maximum Gasteiger partial charge on any atom is 0.472 e. The number of hydrogen-bond donors (Lipinski definition) is 3. The van der Waals surface area contributed by atoms with Crippen molar-refractivity contribution in [2.45, 2.75) is 309 Å². The van der Waals surface area contributed by atoms with Crippen molar-refractivity contribution in [1.82, 2.24) is 5.32 Å². The van der Waals surface area contributed by atoms with Crippen molar-refractivity contribution in [2.24, 2.45) is 0 Å². The number of likely N-dealkylation sites (N-methyl/N-ethyl adjacent to an activating group) is 1. The van der Waals surface area contributed by atoms with E-state index in [1.807, 2.05) is 21.1 Å². The van der Waals surface area contributed by atoms with E-state index in [1.54, 1.807) is 0 Å². The van der Waals surface area contributed by atoms with E-state index in [4.69, 9.17) is 9.05 Å².